The molecule has 3 fully saturated rings. The van der Waals surface area contributed by atoms with Crippen molar-refractivity contribution in [3.63, 3.8) is 0 Å². The molecule has 21 heavy (non-hydrogen) atoms. The number of Topliss-reactive ketones (excluding diaryl/α,β-unsaturated/α-hetero) is 1. The maximum absolute atomic E-state index is 12.7. The van der Waals surface area contributed by atoms with Crippen LogP contribution in [0.5, 0.6) is 0 Å². The Hall–Kier alpha value is -1.38. The number of hydrogen-bond donors (Lipinski definition) is 0. The SMILES string of the molecule is C=CC1CC(=O)[C@H]2[C@@H]3C(=C)C[C@@H](OC(C)=O)[C@]12CC3(C)C. The molecule has 3 rings (SSSR count). The Morgan fingerprint density at radius 3 is 2.57 bits per heavy atom. The van der Waals surface area contributed by atoms with Crippen molar-refractivity contribution < 1.29 is 14.3 Å². The van der Waals surface area contributed by atoms with Gasteiger partial charge in [-0.25, -0.2) is 0 Å². The zero-order chi connectivity index (χ0) is 15.6. The number of rotatable bonds is 2. The minimum atomic E-state index is -0.272. The molecule has 3 aliphatic carbocycles. The van der Waals surface area contributed by atoms with Gasteiger partial charge in [0, 0.05) is 31.1 Å². The van der Waals surface area contributed by atoms with Crippen LogP contribution in [0.1, 0.15) is 40.0 Å². The summed E-state index contributed by atoms with van der Waals surface area (Å²) in [6.45, 7) is 14.0. The van der Waals surface area contributed by atoms with E-state index in [0.29, 0.717) is 18.6 Å². The van der Waals surface area contributed by atoms with Crippen LogP contribution in [0.3, 0.4) is 0 Å². The molecule has 0 amide bonds. The fraction of sp³-hybridized carbons (Fsp3) is 0.667. The molecule has 1 unspecified atom stereocenters. The first-order chi connectivity index (χ1) is 9.74. The zero-order valence-electron chi connectivity index (χ0n) is 13.1. The van der Waals surface area contributed by atoms with Crippen LogP contribution in [-0.2, 0) is 14.3 Å². The van der Waals surface area contributed by atoms with Gasteiger partial charge in [-0.3, -0.25) is 9.59 Å². The van der Waals surface area contributed by atoms with Gasteiger partial charge in [0.1, 0.15) is 11.9 Å². The van der Waals surface area contributed by atoms with Gasteiger partial charge < -0.3 is 4.74 Å². The molecule has 0 aliphatic heterocycles. The molecule has 5 atom stereocenters. The van der Waals surface area contributed by atoms with Gasteiger partial charge in [-0.1, -0.05) is 32.1 Å². The van der Waals surface area contributed by atoms with Gasteiger partial charge in [0.25, 0.3) is 0 Å². The van der Waals surface area contributed by atoms with E-state index >= 15 is 0 Å². The topological polar surface area (TPSA) is 43.4 Å². The second kappa shape index (κ2) is 4.31. The summed E-state index contributed by atoms with van der Waals surface area (Å²) in [5.74, 6) is 0.291. The molecule has 3 aliphatic rings. The monoisotopic (exact) mass is 288 g/mol. The van der Waals surface area contributed by atoms with Crippen molar-refractivity contribution in [2.75, 3.05) is 0 Å². The largest absolute Gasteiger partial charge is 0.462 e. The van der Waals surface area contributed by atoms with E-state index in [0.717, 1.165) is 12.0 Å². The van der Waals surface area contributed by atoms with Gasteiger partial charge in [0.05, 0.1) is 0 Å². The zero-order valence-corrected chi connectivity index (χ0v) is 13.1. The van der Waals surface area contributed by atoms with Crippen LogP contribution >= 0.6 is 0 Å². The van der Waals surface area contributed by atoms with Gasteiger partial charge in [-0.2, -0.15) is 0 Å². The van der Waals surface area contributed by atoms with Crippen molar-refractivity contribution in [1.82, 2.24) is 0 Å². The molecule has 0 radical (unpaired) electrons. The van der Waals surface area contributed by atoms with Crippen LogP contribution in [0.2, 0.25) is 0 Å². The van der Waals surface area contributed by atoms with E-state index in [1.807, 2.05) is 6.08 Å². The second-order valence-corrected chi connectivity index (χ2v) is 7.71. The number of carbonyl (C=O) groups excluding carboxylic acids is 2. The van der Waals surface area contributed by atoms with Gasteiger partial charge >= 0.3 is 5.97 Å². The van der Waals surface area contributed by atoms with E-state index in [9.17, 15) is 9.59 Å². The van der Waals surface area contributed by atoms with Crippen LogP contribution < -0.4 is 0 Å². The molecule has 0 heterocycles. The molecule has 3 saturated carbocycles. The Morgan fingerprint density at radius 1 is 1.33 bits per heavy atom. The fourth-order valence-electron chi connectivity index (χ4n) is 5.70. The highest BCUT2D eigenvalue weighted by Gasteiger charge is 2.71. The second-order valence-electron chi connectivity index (χ2n) is 7.71. The Labute approximate surface area is 126 Å². The van der Waals surface area contributed by atoms with E-state index in [4.69, 9.17) is 4.74 Å². The molecule has 0 aromatic heterocycles. The third kappa shape index (κ3) is 1.72. The Bertz CT molecular complexity index is 545. The lowest BCUT2D eigenvalue weighted by atomic mass is 9.62. The van der Waals surface area contributed by atoms with Crippen molar-refractivity contribution in [3.8, 4) is 0 Å². The first-order valence-corrected chi connectivity index (χ1v) is 7.74. The summed E-state index contributed by atoms with van der Waals surface area (Å²) in [4.78, 5) is 24.2. The van der Waals surface area contributed by atoms with Crippen molar-refractivity contribution in [2.45, 2.75) is 46.1 Å². The number of carbonyl (C=O) groups is 2. The molecule has 0 aromatic rings. The molecule has 3 nitrogen and oxygen atoms in total. The van der Waals surface area contributed by atoms with E-state index in [-0.39, 0.29) is 40.7 Å². The van der Waals surface area contributed by atoms with Gasteiger partial charge in [0.2, 0.25) is 0 Å². The maximum atomic E-state index is 12.7. The average Bonchev–Trinajstić information content (AvgIpc) is 2.74. The van der Waals surface area contributed by atoms with E-state index in [1.165, 1.54) is 6.92 Å². The summed E-state index contributed by atoms with van der Waals surface area (Å²) >= 11 is 0. The smallest absolute Gasteiger partial charge is 0.302 e. The molecule has 0 aromatic carbocycles. The van der Waals surface area contributed by atoms with Crippen LogP contribution in [0.15, 0.2) is 24.8 Å². The first-order valence-electron chi connectivity index (χ1n) is 7.74. The summed E-state index contributed by atoms with van der Waals surface area (Å²) in [6.07, 6.45) is 3.78. The van der Waals surface area contributed by atoms with E-state index in [1.54, 1.807) is 0 Å². The van der Waals surface area contributed by atoms with E-state index < -0.39 is 0 Å². The highest BCUT2D eigenvalue weighted by Crippen LogP contribution is 2.71. The van der Waals surface area contributed by atoms with E-state index in [2.05, 4.69) is 27.0 Å². The van der Waals surface area contributed by atoms with Crippen LogP contribution in [0, 0.1) is 28.6 Å². The minimum absolute atomic E-state index is 0.0218. The van der Waals surface area contributed by atoms with Crippen LogP contribution in [0.25, 0.3) is 0 Å². The number of hydrogen-bond acceptors (Lipinski definition) is 3. The third-order valence-corrected chi connectivity index (χ3v) is 6.05. The Balaban J connectivity index is 2.15. The number of ketones is 1. The number of esters is 1. The van der Waals surface area contributed by atoms with Crippen molar-refractivity contribution >= 4 is 11.8 Å². The molecular formula is C18H24O3. The molecule has 114 valence electrons. The molecule has 2 bridgehead atoms. The summed E-state index contributed by atoms with van der Waals surface area (Å²) in [7, 11) is 0. The normalized spacial score (nSPS) is 43.6. The third-order valence-electron chi connectivity index (χ3n) is 6.05. The molecule has 3 heteroatoms. The molecule has 0 spiro atoms. The molecule has 0 saturated heterocycles. The summed E-state index contributed by atoms with van der Waals surface area (Å²) < 4.78 is 5.67. The minimum Gasteiger partial charge on any atom is -0.462 e. The van der Waals surface area contributed by atoms with Crippen LogP contribution in [-0.4, -0.2) is 17.9 Å². The predicted octanol–water partition coefficient (Wildman–Crippen LogP) is 3.30. The van der Waals surface area contributed by atoms with Crippen molar-refractivity contribution in [1.29, 1.82) is 0 Å². The van der Waals surface area contributed by atoms with Crippen molar-refractivity contribution in [2.24, 2.45) is 28.6 Å². The van der Waals surface area contributed by atoms with Gasteiger partial charge in [0.15, 0.2) is 0 Å². The van der Waals surface area contributed by atoms with Gasteiger partial charge in [-0.15, -0.1) is 6.58 Å². The first kappa shape index (κ1) is 14.6. The number of ether oxygens (including phenoxy) is 1. The quantitative estimate of drug-likeness (QED) is 0.578. The lowest BCUT2D eigenvalue weighted by Gasteiger charge is -2.45. The lowest BCUT2D eigenvalue weighted by molar-refractivity contribution is -0.159. The highest BCUT2D eigenvalue weighted by atomic mass is 16.5. The average molecular weight is 288 g/mol. The van der Waals surface area contributed by atoms with Crippen LogP contribution in [0.4, 0.5) is 0 Å². The Morgan fingerprint density at radius 2 is 2.00 bits per heavy atom. The Kier molecular flexibility index (Phi) is 2.99. The molecule has 0 N–H and O–H groups in total. The lowest BCUT2D eigenvalue weighted by Crippen LogP contribution is -2.47. The van der Waals surface area contributed by atoms with Crippen molar-refractivity contribution in [3.05, 3.63) is 24.8 Å². The predicted molar refractivity (Wildman–Crippen MR) is 80.4 cm³/mol. The van der Waals surface area contributed by atoms with Gasteiger partial charge in [-0.05, 0) is 23.7 Å². The fourth-order valence-corrected chi connectivity index (χ4v) is 5.70. The maximum Gasteiger partial charge on any atom is 0.302 e. The summed E-state index contributed by atoms with van der Waals surface area (Å²) in [5, 5.41) is 0. The summed E-state index contributed by atoms with van der Waals surface area (Å²) in [6, 6.07) is 0. The molecular weight excluding hydrogens is 264 g/mol. The number of allylic oxidation sites excluding steroid dienone is 1. The summed E-state index contributed by atoms with van der Waals surface area (Å²) in [5.41, 5.74) is 0.829. The standard InChI is InChI=1S/C18H24O3/c1-6-12-8-13(20)16-15-10(2)7-14(21-11(3)19)18(12,16)9-17(15,4)5/h6,12,14-16H,1-2,7-9H2,3-5H3/t12?,14-,15+,16+,18+/m1/s1. The highest BCUT2D eigenvalue weighted by molar-refractivity contribution is 5.87.